The molecule has 12 nitrogen and oxygen atoms in total. The van der Waals surface area contributed by atoms with Crippen LogP contribution in [0.5, 0.6) is 11.5 Å². The first-order valence-electron chi connectivity index (χ1n) is 9.73. The summed E-state index contributed by atoms with van der Waals surface area (Å²) in [6.45, 7) is 0.788. The number of rotatable bonds is 8. The number of phenolic OH excluding ortho intramolecular Hbond substituents is 2. The van der Waals surface area contributed by atoms with Crippen molar-refractivity contribution in [1.82, 2.24) is 15.6 Å². The number of hydrogen-bond donors (Lipinski definition) is 5. The number of non-ortho nitro benzene ring substituents is 1. The van der Waals surface area contributed by atoms with E-state index in [4.69, 9.17) is 0 Å². The van der Waals surface area contributed by atoms with Crippen molar-refractivity contribution in [2.24, 2.45) is 0 Å². The summed E-state index contributed by atoms with van der Waals surface area (Å²) in [4.78, 5) is 22.6. The molecule has 33 heavy (non-hydrogen) atoms. The molecule has 0 atom stereocenters. The van der Waals surface area contributed by atoms with E-state index in [1.165, 1.54) is 30.3 Å². The lowest BCUT2D eigenvalue weighted by molar-refractivity contribution is -0.383. The number of amides is 1. The Labute approximate surface area is 186 Å². The Morgan fingerprint density at radius 3 is 2.39 bits per heavy atom. The zero-order valence-corrected chi connectivity index (χ0v) is 17.0. The highest BCUT2D eigenvalue weighted by Crippen LogP contribution is 2.31. The molecule has 0 aliphatic rings. The van der Waals surface area contributed by atoms with Crippen LogP contribution in [0.4, 0.5) is 22.7 Å². The Morgan fingerprint density at radius 2 is 1.67 bits per heavy atom. The van der Waals surface area contributed by atoms with Crippen molar-refractivity contribution >= 4 is 39.7 Å². The summed E-state index contributed by atoms with van der Waals surface area (Å²) in [5.74, 6) is -1.02. The van der Waals surface area contributed by atoms with Gasteiger partial charge in [-0.3, -0.25) is 14.9 Å². The van der Waals surface area contributed by atoms with Gasteiger partial charge < -0.3 is 26.2 Å². The molecule has 168 valence electrons. The second kappa shape index (κ2) is 9.09. The molecule has 0 saturated heterocycles. The number of nitrogens with zero attached hydrogens (tertiary/aromatic N) is 3. The first-order chi connectivity index (χ1) is 15.9. The Bertz CT molecular complexity index is 1320. The number of benzene rings is 3. The molecule has 12 heteroatoms. The third kappa shape index (κ3) is 4.74. The topological polar surface area (TPSA) is 176 Å². The molecule has 4 rings (SSSR count). The van der Waals surface area contributed by atoms with Crippen molar-refractivity contribution in [1.29, 1.82) is 0 Å². The smallest absolute Gasteiger partial charge is 0.300 e. The molecule has 4 aromatic rings. The molecule has 0 aliphatic carbocycles. The molecule has 0 saturated carbocycles. The van der Waals surface area contributed by atoms with Crippen LogP contribution >= 0.6 is 0 Å². The number of nitro benzene ring substituents is 1. The van der Waals surface area contributed by atoms with Gasteiger partial charge in [-0.2, -0.15) is 0 Å². The molecule has 0 fully saturated rings. The molecule has 0 unspecified atom stereocenters. The molecule has 0 spiro atoms. The van der Waals surface area contributed by atoms with E-state index in [-0.39, 0.29) is 39.7 Å². The summed E-state index contributed by atoms with van der Waals surface area (Å²) in [6.07, 6.45) is 0. The van der Waals surface area contributed by atoms with E-state index in [0.717, 1.165) is 11.4 Å². The van der Waals surface area contributed by atoms with Gasteiger partial charge in [-0.05, 0) is 58.8 Å². The van der Waals surface area contributed by atoms with Gasteiger partial charge in [0.1, 0.15) is 0 Å². The van der Waals surface area contributed by atoms with Crippen LogP contribution in [-0.4, -0.2) is 44.4 Å². The molecule has 1 aromatic heterocycles. The highest BCUT2D eigenvalue weighted by molar-refractivity contribution is 5.95. The van der Waals surface area contributed by atoms with Gasteiger partial charge in [0.2, 0.25) is 5.52 Å². The van der Waals surface area contributed by atoms with Gasteiger partial charge in [0, 0.05) is 36.1 Å². The van der Waals surface area contributed by atoms with Gasteiger partial charge in [0.15, 0.2) is 17.0 Å². The minimum absolute atomic E-state index is 0.0628. The largest absolute Gasteiger partial charge is 0.504 e. The number of carbonyl (C=O) groups excluding carboxylic acids is 1. The average molecular weight is 450 g/mol. The summed E-state index contributed by atoms with van der Waals surface area (Å²) in [7, 11) is 0. The van der Waals surface area contributed by atoms with E-state index in [1.54, 1.807) is 12.1 Å². The molecule has 0 aliphatic heterocycles. The molecular weight excluding hydrogens is 432 g/mol. The van der Waals surface area contributed by atoms with Crippen LogP contribution in [0.15, 0.2) is 59.2 Å². The van der Waals surface area contributed by atoms with Gasteiger partial charge >= 0.3 is 5.69 Å². The number of aromatic hydroxyl groups is 2. The summed E-state index contributed by atoms with van der Waals surface area (Å²) >= 11 is 0. The molecular formula is C21H18N6O6. The third-order valence-corrected chi connectivity index (χ3v) is 4.73. The van der Waals surface area contributed by atoms with Gasteiger partial charge in [0.25, 0.3) is 5.91 Å². The standard InChI is InChI=1S/C21H18N6O6/c28-17-8-1-12(11-18(17)29)21(30)23-10-9-22-13-2-4-14(5-3-13)24-15-6-7-16(27(31)32)20-19(15)25-33-26-20/h1-8,11,22,24,28-29H,9-10H2,(H,23,30). The van der Waals surface area contributed by atoms with Gasteiger partial charge in [-0.1, -0.05) is 0 Å². The van der Waals surface area contributed by atoms with Crippen LogP contribution in [0, 0.1) is 10.1 Å². The fourth-order valence-electron chi connectivity index (χ4n) is 3.08. The van der Waals surface area contributed by atoms with Crippen molar-refractivity contribution in [2.75, 3.05) is 23.7 Å². The predicted octanol–water partition coefficient (Wildman–Crippen LogP) is 3.13. The van der Waals surface area contributed by atoms with Crippen molar-refractivity contribution in [3.8, 4) is 11.5 Å². The van der Waals surface area contributed by atoms with Crippen molar-refractivity contribution in [3.05, 3.63) is 70.3 Å². The fourth-order valence-corrected chi connectivity index (χ4v) is 3.08. The summed E-state index contributed by atoms with van der Waals surface area (Å²) in [5.41, 5.74) is 2.42. The fraction of sp³-hybridized carbons (Fsp3) is 0.0952. The van der Waals surface area contributed by atoms with Crippen molar-refractivity contribution < 1.29 is 24.6 Å². The molecule has 1 heterocycles. The minimum atomic E-state index is -0.548. The van der Waals surface area contributed by atoms with Crippen LogP contribution in [0.1, 0.15) is 10.4 Å². The van der Waals surface area contributed by atoms with E-state index in [0.29, 0.717) is 18.8 Å². The first kappa shape index (κ1) is 21.4. The van der Waals surface area contributed by atoms with Crippen LogP contribution in [0.25, 0.3) is 11.0 Å². The first-order valence-corrected chi connectivity index (χ1v) is 9.73. The van der Waals surface area contributed by atoms with Crippen LogP contribution in [0.3, 0.4) is 0 Å². The van der Waals surface area contributed by atoms with E-state index in [9.17, 15) is 25.1 Å². The van der Waals surface area contributed by atoms with Crippen LogP contribution in [0.2, 0.25) is 0 Å². The minimum Gasteiger partial charge on any atom is -0.504 e. The number of fused-ring (bicyclic) bond motifs is 1. The van der Waals surface area contributed by atoms with Crippen LogP contribution < -0.4 is 16.0 Å². The predicted molar refractivity (Wildman–Crippen MR) is 119 cm³/mol. The number of carbonyl (C=O) groups is 1. The second-order valence-corrected chi connectivity index (χ2v) is 6.94. The maximum Gasteiger partial charge on any atom is 0.300 e. The SMILES string of the molecule is O=C(NCCNc1ccc(Nc2ccc([N+](=O)[O-])c3nonc23)cc1)c1ccc(O)c(O)c1. The molecule has 0 bridgehead atoms. The number of nitro groups is 1. The van der Waals surface area contributed by atoms with Crippen LogP contribution in [-0.2, 0) is 0 Å². The quantitative estimate of drug-likeness (QED) is 0.116. The van der Waals surface area contributed by atoms with Gasteiger partial charge in [-0.15, -0.1) is 0 Å². The Hall–Kier alpha value is -4.87. The Kier molecular flexibility index (Phi) is 5.89. The Balaban J connectivity index is 1.31. The van der Waals surface area contributed by atoms with E-state index < -0.39 is 4.92 Å². The highest BCUT2D eigenvalue weighted by Gasteiger charge is 2.19. The zero-order valence-electron chi connectivity index (χ0n) is 17.0. The van der Waals surface area contributed by atoms with Crippen molar-refractivity contribution in [3.63, 3.8) is 0 Å². The lowest BCUT2D eigenvalue weighted by Crippen LogP contribution is -2.28. The van der Waals surface area contributed by atoms with Crippen molar-refractivity contribution in [2.45, 2.75) is 0 Å². The number of nitrogens with one attached hydrogen (secondary N) is 3. The molecule has 5 N–H and O–H groups in total. The zero-order chi connectivity index (χ0) is 23.4. The van der Waals surface area contributed by atoms with Gasteiger partial charge in [0.05, 0.1) is 10.6 Å². The lowest BCUT2D eigenvalue weighted by Gasteiger charge is -2.10. The molecule has 0 radical (unpaired) electrons. The normalized spacial score (nSPS) is 10.7. The molecule has 3 aromatic carbocycles. The maximum absolute atomic E-state index is 12.1. The summed E-state index contributed by atoms with van der Waals surface area (Å²) in [6, 6.07) is 14.0. The monoisotopic (exact) mass is 450 g/mol. The third-order valence-electron chi connectivity index (χ3n) is 4.73. The van der Waals surface area contributed by atoms with E-state index in [1.807, 2.05) is 12.1 Å². The van der Waals surface area contributed by atoms with E-state index >= 15 is 0 Å². The van der Waals surface area contributed by atoms with E-state index in [2.05, 4.69) is 30.9 Å². The number of aromatic nitrogens is 2. The Morgan fingerprint density at radius 1 is 0.939 bits per heavy atom. The summed E-state index contributed by atoms with van der Waals surface area (Å²) < 4.78 is 4.66. The van der Waals surface area contributed by atoms with Gasteiger partial charge in [-0.25, -0.2) is 4.63 Å². The second-order valence-electron chi connectivity index (χ2n) is 6.94. The molecule has 1 amide bonds. The number of hydrogen-bond acceptors (Lipinski definition) is 10. The summed E-state index contributed by atoms with van der Waals surface area (Å²) in [5, 5.41) is 46.2. The maximum atomic E-state index is 12.1. The number of anilines is 3. The highest BCUT2D eigenvalue weighted by atomic mass is 16.6. The number of phenols is 2. The average Bonchev–Trinajstić information content (AvgIpc) is 3.30. The lowest BCUT2D eigenvalue weighted by atomic mass is 10.2.